The van der Waals surface area contributed by atoms with E-state index < -0.39 is 18.1 Å². The molecule has 0 saturated carbocycles. The van der Waals surface area contributed by atoms with Gasteiger partial charge in [0, 0.05) is 11.8 Å². The number of carboxylic acids is 1. The molecule has 6 nitrogen and oxygen atoms in total. The lowest BCUT2D eigenvalue weighted by Crippen LogP contribution is -2.28. The quantitative estimate of drug-likeness (QED) is 0.766. The second-order valence-corrected chi connectivity index (χ2v) is 5.19. The molecule has 6 heteroatoms. The molecule has 116 valence electrons. The van der Waals surface area contributed by atoms with Crippen molar-refractivity contribution in [3.63, 3.8) is 0 Å². The number of hydrogen-bond donors (Lipinski definition) is 2. The number of fused-ring (bicyclic) bond motifs is 1. The first-order valence-electron chi connectivity index (χ1n) is 7.03. The van der Waals surface area contributed by atoms with Crippen LogP contribution in [0.3, 0.4) is 0 Å². The number of carboxylic acid groups (broad SMARTS) is 1. The van der Waals surface area contributed by atoms with Gasteiger partial charge in [0.2, 0.25) is 0 Å². The summed E-state index contributed by atoms with van der Waals surface area (Å²) >= 11 is 0. The minimum absolute atomic E-state index is 0.169. The molecule has 0 unspecified atom stereocenters. The normalized spacial score (nSPS) is 10.8. The summed E-state index contributed by atoms with van der Waals surface area (Å²) in [7, 11) is 0. The minimum Gasteiger partial charge on any atom is -0.508 e. The summed E-state index contributed by atoms with van der Waals surface area (Å²) in [5, 5.41) is 23.7. The predicted octanol–water partition coefficient (Wildman–Crippen LogP) is 1.78. The average molecular weight is 310 g/mol. The molecule has 0 spiro atoms. The van der Waals surface area contributed by atoms with Gasteiger partial charge in [-0.2, -0.15) is 5.10 Å². The van der Waals surface area contributed by atoms with E-state index in [4.69, 9.17) is 5.11 Å². The second-order valence-electron chi connectivity index (χ2n) is 5.19. The van der Waals surface area contributed by atoms with Gasteiger partial charge in [0.05, 0.1) is 11.1 Å². The Morgan fingerprint density at radius 1 is 1.04 bits per heavy atom. The summed E-state index contributed by atoms with van der Waals surface area (Å²) in [6.45, 7) is -0.480. The predicted molar refractivity (Wildman–Crippen MR) is 84.6 cm³/mol. The third kappa shape index (κ3) is 3.06. The highest BCUT2D eigenvalue weighted by molar-refractivity contribution is 5.84. The Bertz CT molecular complexity index is 929. The Labute approximate surface area is 131 Å². The van der Waals surface area contributed by atoms with Crippen molar-refractivity contribution in [1.82, 2.24) is 9.78 Å². The number of nitrogens with zero attached hydrogens (tertiary/aromatic N) is 2. The van der Waals surface area contributed by atoms with Crippen molar-refractivity contribution in [3.05, 3.63) is 70.1 Å². The molecule has 0 aliphatic carbocycles. The molecule has 1 aromatic heterocycles. The molecule has 0 aliphatic rings. The molecule has 1 heterocycles. The minimum atomic E-state index is -1.12. The van der Waals surface area contributed by atoms with Gasteiger partial charge in [-0.3, -0.25) is 9.59 Å². The van der Waals surface area contributed by atoms with E-state index in [0.717, 1.165) is 10.2 Å². The number of benzene rings is 2. The smallest absolute Gasteiger partial charge is 0.325 e. The Kier molecular flexibility index (Phi) is 3.80. The van der Waals surface area contributed by atoms with Crippen LogP contribution in [0.1, 0.15) is 11.3 Å². The van der Waals surface area contributed by atoms with Crippen LogP contribution in [-0.4, -0.2) is 26.0 Å². The van der Waals surface area contributed by atoms with Crippen molar-refractivity contribution in [3.8, 4) is 5.75 Å². The standard InChI is InChI=1S/C17H14N2O4/c20-12-7-5-11(6-8-12)9-15-13-3-1-2-4-14(13)17(23)19(18-15)10-16(21)22/h1-8,20H,9-10H2,(H,21,22). The topological polar surface area (TPSA) is 92.4 Å². The van der Waals surface area contributed by atoms with E-state index in [2.05, 4.69) is 5.10 Å². The number of rotatable bonds is 4. The lowest BCUT2D eigenvalue weighted by atomic mass is 10.0. The van der Waals surface area contributed by atoms with Crippen LogP contribution in [0.4, 0.5) is 0 Å². The molecular formula is C17H14N2O4. The van der Waals surface area contributed by atoms with Crippen molar-refractivity contribution in [2.45, 2.75) is 13.0 Å². The summed E-state index contributed by atoms with van der Waals surface area (Å²) in [6, 6.07) is 13.7. The molecule has 0 fully saturated rings. The number of phenols is 1. The average Bonchev–Trinajstić information content (AvgIpc) is 2.53. The third-order valence-electron chi connectivity index (χ3n) is 3.54. The van der Waals surface area contributed by atoms with Gasteiger partial charge in [-0.15, -0.1) is 0 Å². The Hall–Kier alpha value is -3.15. The van der Waals surface area contributed by atoms with Gasteiger partial charge in [-0.05, 0) is 23.8 Å². The molecule has 2 N–H and O–H groups in total. The molecule has 2 aromatic carbocycles. The van der Waals surface area contributed by atoms with Gasteiger partial charge in [-0.1, -0.05) is 30.3 Å². The maximum absolute atomic E-state index is 12.3. The number of aromatic nitrogens is 2. The summed E-state index contributed by atoms with van der Waals surface area (Å²) in [4.78, 5) is 23.3. The zero-order chi connectivity index (χ0) is 16.4. The fourth-order valence-corrected chi connectivity index (χ4v) is 2.48. The van der Waals surface area contributed by atoms with E-state index in [0.29, 0.717) is 22.9 Å². The van der Waals surface area contributed by atoms with Crippen LogP contribution < -0.4 is 5.56 Å². The highest BCUT2D eigenvalue weighted by Gasteiger charge is 2.12. The number of phenolic OH excluding ortho intramolecular Hbond substituents is 1. The zero-order valence-corrected chi connectivity index (χ0v) is 12.1. The van der Waals surface area contributed by atoms with Crippen molar-refractivity contribution in [1.29, 1.82) is 0 Å². The number of hydrogen-bond acceptors (Lipinski definition) is 4. The van der Waals surface area contributed by atoms with Crippen LogP contribution >= 0.6 is 0 Å². The third-order valence-corrected chi connectivity index (χ3v) is 3.54. The number of carbonyl (C=O) groups is 1. The van der Waals surface area contributed by atoms with Crippen molar-refractivity contribution in [2.75, 3.05) is 0 Å². The molecule has 3 aromatic rings. The maximum Gasteiger partial charge on any atom is 0.325 e. The van der Waals surface area contributed by atoms with Crippen molar-refractivity contribution >= 4 is 16.7 Å². The summed E-state index contributed by atoms with van der Waals surface area (Å²) in [5.74, 6) is -0.951. The van der Waals surface area contributed by atoms with E-state index in [9.17, 15) is 14.7 Å². The van der Waals surface area contributed by atoms with Gasteiger partial charge in [0.1, 0.15) is 12.3 Å². The van der Waals surface area contributed by atoms with E-state index in [1.807, 2.05) is 6.07 Å². The van der Waals surface area contributed by atoms with Crippen LogP contribution in [0.15, 0.2) is 53.3 Å². The maximum atomic E-state index is 12.3. The first kappa shape index (κ1) is 14.8. The fourth-order valence-electron chi connectivity index (χ4n) is 2.48. The number of aliphatic carboxylic acids is 1. The molecule has 3 rings (SSSR count). The van der Waals surface area contributed by atoms with Crippen molar-refractivity contribution < 1.29 is 15.0 Å². The highest BCUT2D eigenvalue weighted by Crippen LogP contribution is 2.18. The lowest BCUT2D eigenvalue weighted by molar-refractivity contribution is -0.138. The van der Waals surface area contributed by atoms with Crippen LogP contribution in [0.25, 0.3) is 10.8 Å². The molecule has 0 saturated heterocycles. The second kappa shape index (κ2) is 5.92. The van der Waals surface area contributed by atoms with Gasteiger partial charge in [0.25, 0.3) is 5.56 Å². The Balaban J connectivity index is 2.14. The molecule has 0 atom stereocenters. The molecule has 23 heavy (non-hydrogen) atoms. The summed E-state index contributed by atoms with van der Waals surface area (Å²) in [5.41, 5.74) is 1.10. The van der Waals surface area contributed by atoms with Crippen LogP contribution in [-0.2, 0) is 17.8 Å². The molecular weight excluding hydrogens is 296 g/mol. The van der Waals surface area contributed by atoms with Gasteiger partial charge in [0.15, 0.2) is 0 Å². The number of aromatic hydroxyl groups is 1. The van der Waals surface area contributed by atoms with Gasteiger partial charge < -0.3 is 10.2 Å². The first-order chi connectivity index (χ1) is 11.0. The largest absolute Gasteiger partial charge is 0.508 e. The lowest BCUT2D eigenvalue weighted by Gasteiger charge is -2.10. The van der Waals surface area contributed by atoms with E-state index in [-0.39, 0.29) is 5.75 Å². The van der Waals surface area contributed by atoms with Gasteiger partial charge in [-0.25, -0.2) is 4.68 Å². The molecule has 0 radical (unpaired) electrons. The summed E-state index contributed by atoms with van der Waals surface area (Å²) < 4.78 is 0.973. The molecule has 0 bridgehead atoms. The Morgan fingerprint density at radius 3 is 2.35 bits per heavy atom. The van der Waals surface area contributed by atoms with Gasteiger partial charge >= 0.3 is 5.97 Å². The van der Waals surface area contributed by atoms with Crippen LogP contribution in [0, 0.1) is 0 Å². The van der Waals surface area contributed by atoms with E-state index >= 15 is 0 Å². The zero-order valence-electron chi connectivity index (χ0n) is 12.1. The van der Waals surface area contributed by atoms with E-state index in [1.54, 1.807) is 42.5 Å². The fraction of sp³-hybridized carbons (Fsp3) is 0.118. The SMILES string of the molecule is O=C(O)Cn1nc(Cc2ccc(O)cc2)c2ccccc2c1=O. The highest BCUT2D eigenvalue weighted by atomic mass is 16.4. The first-order valence-corrected chi connectivity index (χ1v) is 7.03. The van der Waals surface area contributed by atoms with Crippen LogP contribution in [0.5, 0.6) is 5.75 Å². The van der Waals surface area contributed by atoms with Crippen LogP contribution in [0.2, 0.25) is 0 Å². The summed E-state index contributed by atoms with van der Waals surface area (Å²) in [6.07, 6.45) is 0.431. The van der Waals surface area contributed by atoms with Crippen molar-refractivity contribution in [2.24, 2.45) is 0 Å². The molecule has 0 aliphatic heterocycles. The molecule has 0 amide bonds. The van der Waals surface area contributed by atoms with E-state index in [1.165, 1.54) is 0 Å². The Morgan fingerprint density at radius 2 is 1.70 bits per heavy atom. The monoisotopic (exact) mass is 310 g/mol.